The highest BCUT2D eigenvalue weighted by atomic mass is 16.7. The molecular weight excluding hydrogens is 224 g/mol. The van der Waals surface area contributed by atoms with E-state index in [2.05, 4.69) is 5.92 Å². The summed E-state index contributed by atoms with van der Waals surface area (Å²) in [7, 11) is 0. The molecule has 1 saturated heterocycles. The fraction of sp³-hybridized carbons (Fsp3) is 0.875. The SMILES string of the molecule is C#CCCC1(CC2CC2)CCC2(CC1)OCCO2. The molecule has 0 aromatic carbocycles. The first-order valence-electron chi connectivity index (χ1n) is 7.47. The predicted molar refractivity (Wildman–Crippen MR) is 70.9 cm³/mol. The largest absolute Gasteiger partial charge is 0.348 e. The molecule has 100 valence electrons. The van der Waals surface area contributed by atoms with Gasteiger partial charge in [-0.3, -0.25) is 0 Å². The van der Waals surface area contributed by atoms with Crippen LogP contribution in [0.1, 0.15) is 57.8 Å². The molecule has 2 aliphatic carbocycles. The molecular formula is C16H24O2. The number of rotatable bonds is 4. The minimum Gasteiger partial charge on any atom is -0.348 e. The summed E-state index contributed by atoms with van der Waals surface area (Å²) >= 11 is 0. The van der Waals surface area contributed by atoms with Gasteiger partial charge in [0, 0.05) is 19.3 Å². The quantitative estimate of drug-likeness (QED) is 0.709. The van der Waals surface area contributed by atoms with Crippen LogP contribution < -0.4 is 0 Å². The van der Waals surface area contributed by atoms with Gasteiger partial charge < -0.3 is 9.47 Å². The van der Waals surface area contributed by atoms with Crippen molar-refractivity contribution < 1.29 is 9.47 Å². The molecule has 0 aromatic heterocycles. The number of hydrogen-bond acceptors (Lipinski definition) is 2. The van der Waals surface area contributed by atoms with E-state index in [-0.39, 0.29) is 5.79 Å². The van der Waals surface area contributed by atoms with Crippen LogP contribution in [0.2, 0.25) is 0 Å². The highest BCUT2D eigenvalue weighted by Gasteiger charge is 2.47. The van der Waals surface area contributed by atoms with Gasteiger partial charge in [-0.1, -0.05) is 12.8 Å². The Morgan fingerprint density at radius 3 is 2.28 bits per heavy atom. The van der Waals surface area contributed by atoms with Crippen LogP contribution in [0.4, 0.5) is 0 Å². The second kappa shape index (κ2) is 4.87. The Morgan fingerprint density at radius 1 is 1.06 bits per heavy atom. The molecule has 1 aliphatic heterocycles. The molecule has 3 aliphatic rings. The molecule has 0 atom stereocenters. The van der Waals surface area contributed by atoms with Crippen molar-refractivity contribution in [2.75, 3.05) is 13.2 Å². The maximum Gasteiger partial charge on any atom is 0.168 e. The van der Waals surface area contributed by atoms with Gasteiger partial charge in [-0.15, -0.1) is 12.3 Å². The van der Waals surface area contributed by atoms with Crippen LogP contribution in [0.15, 0.2) is 0 Å². The van der Waals surface area contributed by atoms with Crippen molar-refractivity contribution in [3.8, 4) is 12.3 Å². The second-order valence-corrected chi connectivity index (χ2v) is 6.46. The van der Waals surface area contributed by atoms with Gasteiger partial charge in [-0.05, 0) is 37.0 Å². The molecule has 3 fully saturated rings. The van der Waals surface area contributed by atoms with Crippen LogP contribution in [0.3, 0.4) is 0 Å². The predicted octanol–water partition coefficient (Wildman–Crippen LogP) is 3.50. The second-order valence-electron chi connectivity index (χ2n) is 6.46. The van der Waals surface area contributed by atoms with Crippen molar-refractivity contribution in [2.24, 2.45) is 11.3 Å². The third-order valence-corrected chi connectivity index (χ3v) is 5.10. The topological polar surface area (TPSA) is 18.5 Å². The summed E-state index contributed by atoms with van der Waals surface area (Å²) in [5, 5.41) is 0. The summed E-state index contributed by atoms with van der Waals surface area (Å²) in [6.07, 6.45) is 16.5. The maximum atomic E-state index is 5.84. The van der Waals surface area contributed by atoms with Crippen LogP contribution in [0.25, 0.3) is 0 Å². The van der Waals surface area contributed by atoms with Gasteiger partial charge in [0.25, 0.3) is 0 Å². The van der Waals surface area contributed by atoms with E-state index < -0.39 is 0 Å². The van der Waals surface area contributed by atoms with Crippen molar-refractivity contribution >= 4 is 0 Å². The van der Waals surface area contributed by atoms with Crippen LogP contribution in [0, 0.1) is 23.7 Å². The Hall–Kier alpha value is -0.520. The minimum absolute atomic E-state index is 0.219. The first-order valence-corrected chi connectivity index (χ1v) is 7.47. The van der Waals surface area contributed by atoms with Crippen molar-refractivity contribution in [3.05, 3.63) is 0 Å². The van der Waals surface area contributed by atoms with Crippen molar-refractivity contribution in [1.82, 2.24) is 0 Å². The molecule has 0 bridgehead atoms. The summed E-state index contributed by atoms with van der Waals surface area (Å²) < 4.78 is 11.7. The van der Waals surface area contributed by atoms with Gasteiger partial charge in [-0.2, -0.15) is 0 Å². The highest BCUT2D eigenvalue weighted by molar-refractivity contribution is 4.97. The normalized spacial score (nSPS) is 29.3. The van der Waals surface area contributed by atoms with Crippen LogP contribution in [0.5, 0.6) is 0 Å². The molecule has 3 rings (SSSR count). The smallest absolute Gasteiger partial charge is 0.168 e. The molecule has 0 unspecified atom stereocenters. The Morgan fingerprint density at radius 2 is 1.72 bits per heavy atom. The van der Waals surface area contributed by atoms with Crippen LogP contribution in [-0.2, 0) is 9.47 Å². The Labute approximate surface area is 110 Å². The lowest BCUT2D eigenvalue weighted by Gasteiger charge is -2.44. The van der Waals surface area contributed by atoms with Gasteiger partial charge in [-0.25, -0.2) is 0 Å². The number of ether oxygens (including phenoxy) is 2. The summed E-state index contributed by atoms with van der Waals surface area (Å²) in [6.45, 7) is 1.56. The lowest BCUT2D eigenvalue weighted by molar-refractivity contribution is -0.193. The standard InChI is InChI=1S/C16H24O2/c1-2-3-6-15(13-14-4-5-14)7-9-16(10-8-15)17-11-12-18-16/h1,14H,3-13H2. The zero-order valence-corrected chi connectivity index (χ0v) is 11.2. The van der Waals surface area contributed by atoms with Gasteiger partial charge in [0.1, 0.15) is 0 Å². The first-order chi connectivity index (χ1) is 8.76. The fourth-order valence-electron chi connectivity index (χ4n) is 3.77. The highest BCUT2D eigenvalue weighted by Crippen LogP contribution is 2.53. The molecule has 2 heteroatoms. The zero-order chi connectivity index (χ0) is 12.5. The molecule has 0 N–H and O–H groups in total. The molecule has 0 amide bonds. The molecule has 0 radical (unpaired) electrons. The Balaban J connectivity index is 1.62. The average Bonchev–Trinajstić information content (AvgIpc) is 3.08. The Bertz CT molecular complexity index is 321. The Kier molecular flexibility index (Phi) is 3.38. The van der Waals surface area contributed by atoms with Crippen molar-refractivity contribution in [1.29, 1.82) is 0 Å². The first kappa shape index (κ1) is 12.5. The fourth-order valence-corrected chi connectivity index (χ4v) is 3.77. The number of hydrogen-bond donors (Lipinski definition) is 0. The van der Waals surface area contributed by atoms with Crippen molar-refractivity contribution in [2.45, 2.75) is 63.6 Å². The van der Waals surface area contributed by atoms with Gasteiger partial charge >= 0.3 is 0 Å². The van der Waals surface area contributed by atoms with E-state index in [1.807, 2.05) is 0 Å². The van der Waals surface area contributed by atoms with E-state index in [1.165, 1.54) is 38.5 Å². The van der Waals surface area contributed by atoms with Gasteiger partial charge in [0.2, 0.25) is 0 Å². The maximum absolute atomic E-state index is 5.84. The van der Waals surface area contributed by atoms with E-state index in [1.54, 1.807) is 0 Å². The van der Waals surface area contributed by atoms with E-state index in [4.69, 9.17) is 15.9 Å². The summed E-state index contributed by atoms with van der Waals surface area (Å²) in [5.41, 5.74) is 0.494. The third kappa shape index (κ3) is 2.58. The van der Waals surface area contributed by atoms with E-state index in [0.29, 0.717) is 5.41 Å². The molecule has 1 heterocycles. The van der Waals surface area contributed by atoms with E-state index >= 15 is 0 Å². The summed E-state index contributed by atoms with van der Waals surface area (Å²) in [4.78, 5) is 0. The lowest BCUT2D eigenvalue weighted by Crippen LogP contribution is -2.40. The monoisotopic (exact) mass is 248 g/mol. The minimum atomic E-state index is -0.219. The summed E-state index contributed by atoms with van der Waals surface area (Å²) in [6, 6.07) is 0. The summed E-state index contributed by atoms with van der Waals surface area (Å²) in [5.74, 6) is 3.60. The zero-order valence-electron chi connectivity index (χ0n) is 11.2. The van der Waals surface area contributed by atoms with E-state index in [0.717, 1.165) is 38.4 Å². The average molecular weight is 248 g/mol. The molecule has 1 spiro atoms. The molecule has 18 heavy (non-hydrogen) atoms. The lowest BCUT2D eigenvalue weighted by atomic mass is 9.66. The van der Waals surface area contributed by atoms with Gasteiger partial charge in [0.05, 0.1) is 13.2 Å². The molecule has 2 saturated carbocycles. The van der Waals surface area contributed by atoms with Gasteiger partial charge in [0.15, 0.2) is 5.79 Å². The van der Waals surface area contributed by atoms with Crippen LogP contribution in [-0.4, -0.2) is 19.0 Å². The van der Waals surface area contributed by atoms with Crippen molar-refractivity contribution in [3.63, 3.8) is 0 Å². The van der Waals surface area contributed by atoms with E-state index in [9.17, 15) is 0 Å². The third-order valence-electron chi connectivity index (χ3n) is 5.10. The molecule has 0 aromatic rings. The molecule has 2 nitrogen and oxygen atoms in total. The van der Waals surface area contributed by atoms with Crippen LogP contribution >= 0.6 is 0 Å². The number of terminal acetylenes is 1.